The van der Waals surface area contributed by atoms with Crippen LogP contribution in [0.2, 0.25) is 0 Å². The summed E-state index contributed by atoms with van der Waals surface area (Å²) < 4.78 is 38.9. The Morgan fingerprint density at radius 3 is 2.53 bits per heavy atom. The normalized spacial score (nSPS) is 26.3. The standard InChI is InChI=1S/C24H25F3N6O/c1-4-19-13-32(22-21-20(30-23(34)31-22)10-9-18(11-28)29-21)14(2)12-33(19)15(3)16-5-7-17(8-6-16)24(25,26)27/h5-10,14-15,18-19H,4,12-13H2,1-3H3/t14-,15?,18?,19+/m0/s1. The average Bonchev–Trinajstić information content (AvgIpc) is 2.82. The molecule has 1 saturated heterocycles. The first-order valence-corrected chi connectivity index (χ1v) is 11.2. The molecule has 2 unspecified atom stereocenters. The molecule has 0 spiro atoms. The molecule has 1 aromatic rings. The van der Waals surface area contributed by atoms with Crippen molar-refractivity contribution in [3.63, 3.8) is 0 Å². The van der Waals surface area contributed by atoms with Gasteiger partial charge in [0.15, 0.2) is 11.9 Å². The van der Waals surface area contributed by atoms with Crippen LogP contribution in [0.3, 0.4) is 0 Å². The van der Waals surface area contributed by atoms with Crippen LogP contribution in [-0.2, 0) is 6.18 Å². The highest BCUT2D eigenvalue weighted by atomic mass is 19.4. The van der Waals surface area contributed by atoms with Crippen LogP contribution >= 0.6 is 0 Å². The average molecular weight is 470 g/mol. The number of piperazine rings is 1. The number of dihydropyridines is 1. The zero-order valence-electron chi connectivity index (χ0n) is 19.1. The topological polar surface area (TPSA) is 84.4 Å². The molecule has 0 radical (unpaired) electrons. The van der Waals surface area contributed by atoms with Crippen LogP contribution in [0.5, 0.6) is 0 Å². The third-order valence-corrected chi connectivity index (χ3v) is 6.55. The molecule has 3 heterocycles. The highest BCUT2D eigenvalue weighted by Crippen LogP contribution is 2.33. The molecule has 3 aliphatic rings. The van der Waals surface area contributed by atoms with Gasteiger partial charge in [-0.1, -0.05) is 19.1 Å². The number of allylic oxidation sites excluding steroid dienone is 1. The van der Waals surface area contributed by atoms with Gasteiger partial charge in [0.05, 0.1) is 17.3 Å². The molecule has 178 valence electrons. The van der Waals surface area contributed by atoms with Gasteiger partial charge in [-0.3, -0.25) is 9.89 Å². The minimum atomic E-state index is -4.37. The van der Waals surface area contributed by atoms with Gasteiger partial charge in [-0.05, 0) is 50.1 Å². The summed E-state index contributed by atoms with van der Waals surface area (Å²) >= 11 is 0. The van der Waals surface area contributed by atoms with Crippen molar-refractivity contribution in [2.75, 3.05) is 13.1 Å². The van der Waals surface area contributed by atoms with E-state index in [1.807, 2.05) is 18.7 Å². The monoisotopic (exact) mass is 470 g/mol. The van der Waals surface area contributed by atoms with Crippen LogP contribution in [0, 0.1) is 11.3 Å². The second-order valence-corrected chi connectivity index (χ2v) is 8.68. The summed E-state index contributed by atoms with van der Waals surface area (Å²) in [5.74, 6) is 0.424. The summed E-state index contributed by atoms with van der Waals surface area (Å²) in [6.07, 6.45) is -0.340. The minimum Gasteiger partial charge on any atom is -0.349 e. The number of carbonyl (C=O) groups is 1. The third kappa shape index (κ3) is 4.53. The fourth-order valence-electron chi connectivity index (χ4n) is 4.66. The Labute approximate surface area is 196 Å². The van der Waals surface area contributed by atoms with Crippen LogP contribution < -0.4 is 0 Å². The van der Waals surface area contributed by atoms with E-state index in [0.717, 1.165) is 24.1 Å². The van der Waals surface area contributed by atoms with Crippen molar-refractivity contribution < 1.29 is 18.0 Å². The van der Waals surface area contributed by atoms with Crippen LogP contribution in [0.4, 0.5) is 18.0 Å². The number of fused-ring (bicyclic) bond motifs is 1. The number of benzene rings is 1. The molecule has 0 N–H and O–H groups in total. The lowest BCUT2D eigenvalue weighted by Crippen LogP contribution is -2.61. The molecule has 4 atom stereocenters. The molecule has 0 saturated carbocycles. The van der Waals surface area contributed by atoms with E-state index in [1.54, 1.807) is 12.2 Å². The molecule has 2 amide bonds. The van der Waals surface area contributed by atoms with Gasteiger partial charge < -0.3 is 4.90 Å². The van der Waals surface area contributed by atoms with Gasteiger partial charge in [0, 0.05) is 31.2 Å². The number of alkyl halides is 3. The van der Waals surface area contributed by atoms with Crippen molar-refractivity contribution in [1.82, 2.24) is 9.80 Å². The summed E-state index contributed by atoms with van der Waals surface area (Å²) in [6.45, 7) is 7.23. The van der Waals surface area contributed by atoms with Gasteiger partial charge in [0.1, 0.15) is 5.71 Å². The summed E-state index contributed by atoms with van der Waals surface area (Å²) in [4.78, 5) is 29.0. The number of hydrogen-bond acceptors (Lipinski definition) is 5. The first-order chi connectivity index (χ1) is 16.1. The number of rotatable bonds is 3. The molecule has 3 aliphatic heterocycles. The number of amides is 2. The van der Waals surface area contributed by atoms with Crippen molar-refractivity contribution in [3.8, 4) is 6.07 Å². The van der Waals surface area contributed by atoms with Gasteiger partial charge in [0.2, 0.25) is 0 Å². The van der Waals surface area contributed by atoms with Gasteiger partial charge >= 0.3 is 12.2 Å². The smallest absolute Gasteiger partial charge is 0.349 e. The number of nitriles is 1. The summed E-state index contributed by atoms with van der Waals surface area (Å²) in [5.41, 5.74) is 0.997. The van der Waals surface area contributed by atoms with E-state index in [-0.39, 0.29) is 18.1 Å². The molecule has 4 rings (SSSR count). The Bertz CT molecular complexity index is 1130. The zero-order chi connectivity index (χ0) is 24.6. The first kappa shape index (κ1) is 23.8. The molecular weight excluding hydrogens is 445 g/mol. The number of halogens is 3. The second kappa shape index (κ2) is 9.14. The van der Waals surface area contributed by atoms with Crippen molar-refractivity contribution in [1.29, 1.82) is 5.26 Å². The van der Waals surface area contributed by atoms with Crippen molar-refractivity contribution in [3.05, 3.63) is 47.5 Å². The van der Waals surface area contributed by atoms with E-state index in [4.69, 9.17) is 0 Å². The zero-order valence-corrected chi connectivity index (χ0v) is 19.1. The van der Waals surface area contributed by atoms with E-state index < -0.39 is 23.8 Å². The largest absolute Gasteiger partial charge is 0.416 e. The molecule has 0 bridgehead atoms. The van der Waals surface area contributed by atoms with E-state index in [1.165, 1.54) is 12.1 Å². The van der Waals surface area contributed by atoms with E-state index in [2.05, 4.69) is 32.9 Å². The lowest BCUT2D eigenvalue weighted by Gasteiger charge is -2.49. The van der Waals surface area contributed by atoms with Crippen molar-refractivity contribution in [2.24, 2.45) is 15.0 Å². The van der Waals surface area contributed by atoms with Crippen LogP contribution in [-0.4, -0.2) is 64.3 Å². The number of aliphatic imine (C=N–C) groups is 3. The molecule has 1 fully saturated rings. The molecular formula is C24H25F3N6O. The molecule has 34 heavy (non-hydrogen) atoms. The summed E-state index contributed by atoms with van der Waals surface area (Å²) in [7, 11) is 0. The van der Waals surface area contributed by atoms with E-state index >= 15 is 0 Å². The Hall–Kier alpha value is -3.32. The number of amidine groups is 1. The maximum Gasteiger partial charge on any atom is 0.416 e. The van der Waals surface area contributed by atoms with Gasteiger partial charge in [0.25, 0.3) is 0 Å². The van der Waals surface area contributed by atoms with Crippen molar-refractivity contribution >= 4 is 23.3 Å². The van der Waals surface area contributed by atoms with E-state index in [9.17, 15) is 23.2 Å². The maximum atomic E-state index is 13.0. The Kier molecular flexibility index (Phi) is 6.41. The highest BCUT2D eigenvalue weighted by Gasteiger charge is 2.39. The summed E-state index contributed by atoms with van der Waals surface area (Å²) in [5, 5.41) is 9.29. The van der Waals surface area contributed by atoms with Crippen LogP contribution in [0.15, 0.2) is 51.4 Å². The number of urea groups is 1. The lowest BCUT2D eigenvalue weighted by molar-refractivity contribution is -0.137. The molecule has 7 nitrogen and oxygen atoms in total. The Balaban J connectivity index is 1.57. The lowest BCUT2D eigenvalue weighted by atomic mass is 9.96. The molecule has 1 aromatic carbocycles. The number of carbonyl (C=O) groups excluding carboxylic acids is 1. The number of hydrogen-bond donors (Lipinski definition) is 0. The summed E-state index contributed by atoms with van der Waals surface area (Å²) in [6, 6.07) is 6.06. The predicted molar refractivity (Wildman–Crippen MR) is 123 cm³/mol. The Morgan fingerprint density at radius 1 is 1.21 bits per heavy atom. The van der Waals surface area contributed by atoms with Gasteiger partial charge in [-0.2, -0.15) is 28.4 Å². The fraction of sp³-hybridized carbons (Fsp3) is 0.458. The maximum absolute atomic E-state index is 13.0. The third-order valence-electron chi connectivity index (χ3n) is 6.55. The van der Waals surface area contributed by atoms with Crippen LogP contribution in [0.1, 0.15) is 44.4 Å². The Morgan fingerprint density at radius 2 is 1.91 bits per heavy atom. The van der Waals surface area contributed by atoms with Gasteiger partial charge in [-0.15, -0.1) is 0 Å². The SMILES string of the molecule is CC[C@@H]1CN(C2=NC(=O)N=C3C=CC(C#N)N=C32)[C@@H](C)CN1C(C)c1ccc(C(F)(F)F)cc1. The first-order valence-electron chi connectivity index (χ1n) is 11.2. The van der Waals surface area contributed by atoms with Crippen molar-refractivity contribution in [2.45, 2.75) is 57.5 Å². The van der Waals surface area contributed by atoms with Gasteiger partial charge in [-0.25, -0.2) is 4.79 Å². The second-order valence-electron chi connectivity index (χ2n) is 8.68. The minimum absolute atomic E-state index is 0.0558. The predicted octanol–water partition coefficient (Wildman–Crippen LogP) is 4.43. The molecule has 0 aromatic heterocycles. The van der Waals surface area contributed by atoms with E-state index in [0.29, 0.717) is 30.3 Å². The fourth-order valence-corrected chi connectivity index (χ4v) is 4.66. The quantitative estimate of drug-likeness (QED) is 0.654. The highest BCUT2D eigenvalue weighted by molar-refractivity contribution is 6.72. The molecule has 0 aliphatic carbocycles. The molecule has 10 heteroatoms. The number of nitrogens with zero attached hydrogens (tertiary/aromatic N) is 6. The van der Waals surface area contributed by atoms with Crippen LogP contribution in [0.25, 0.3) is 0 Å².